The topological polar surface area (TPSA) is 120 Å². The number of carboxylic acid groups (broad SMARTS) is 3. The summed E-state index contributed by atoms with van der Waals surface area (Å²) in [5.41, 5.74) is 1.46. The van der Waals surface area contributed by atoms with Crippen LogP contribution in [0.15, 0.2) is 34.9 Å². The summed E-state index contributed by atoms with van der Waals surface area (Å²) in [6.07, 6.45) is 16.5. The molecular weight excluding hydrogens is 463 g/mol. The molecule has 0 bridgehead atoms. The van der Waals surface area contributed by atoms with Crippen molar-refractivity contribution in [2.75, 3.05) is 0 Å². The van der Waals surface area contributed by atoms with Gasteiger partial charge in [-0.05, 0) is 93.8 Å². The van der Waals surface area contributed by atoms with E-state index in [1.807, 2.05) is 0 Å². The van der Waals surface area contributed by atoms with E-state index >= 15 is 0 Å². The number of carbonyl (C=O) groups is 3. The third-order valence-electron chi connectivity index (χ3n) is 4.66. The molecule has 28 heavy (non-hydrogen) atoms. The second-order valence-corrected chi connectivity index (χ2v) is 6.79. The van der Waals surface area contributed by atoms with E-state index < -0.39 is 17.9 Å². The van der Waals surface area contributed by atoms with Gasteiger partial charge in [0.05, 0.1) is 17.9 Å². The van der Waals surface area contributed by atoms with Crippen molar-refractivity contribution in [2.45, 2.75) is 77.0 Å². The number of carboxylic acids is 3. The Labute approximate surface area is 185 Å². The zero-order valence-electron chi connectivity index (χ0n) is 16.2. The largest absolute Gasteiger partial charge is 3.00 e. The Kier molecular flexibility index (Phi) is 14.6. The minimum atomic E-state index is -0.991. The molecule has 7 heteroatoms. The molecule has 3 rings (SSSR count). The number of allylic oxidation sites excluding steroid dienone is 3. The van der Waals surface area contributed by atoms with E-state index in [0.717, 1.165) is 57.8 Å². The minimum Gasteiger partial charge on any atom is -0.545 e. The summed E-state index contributed by atoms with van der Waals surface area (Å²) in [5.74, 6) is -2.97. The standard InChI is InChI=1S/3C7H10O2.In/c3*8-7(9)6-4-2-1-3-5-6;/h3*4H,1-3,5H2,(H,8,9);/q;;;+3/p-3. The molecular formula is C21H27InO6. The Morgan fingerprint density at radius 2 is 0.786 bits per heavy atom. The predicted octanol–water partition coefficient (Wildman–Crippen LogP) is 0.329. The summed E-state index contributed by atoms with van der Waals surface area (Å²) in [7, 11) is 0. The molecule has 0 amide bonds. The van der Waals surface area contributed by atoms with E-state index in [1.165, 1.54) is 0 Å². The molecule has 0 aromatic heterocycles. The fraction of sp³-hybridized carbons (Fsp3) is 0.571. The average molecular weight is 490 g/mol. The van der Waals surface area contributed by atoms with Gasteiger partial charge < -0.3 is 29.7 Å². The summed E-state index contributed by atoms with van der Waals surface area (Å²) in [6, 6.07) is 0. The van der Waals surface area contributed by atoms with Crippen LogP contribution in [0.25, 0.3) is 0 Å². The molecule has 0 N–H and O–H groups in total. The van der Waals surface area contributed by atoms with Crippen molar-refractivity contribution in [2.24, 2.45) is 0 Å². The summed E-state index contributed by atoms with van der Waals surface area (Å²) in [5, 5.41) is 30.5. The summed E-state index contributed by atoms with van der Waals surface area (Å²) in [4.78, 5) is 30.5. The first-order chi connectivity index (χ1) is 12.9. The van der Waals surface area contributed by atoms with Crippen LogP contribution in [0.3, 0.4) is 0 Å². The van der Waals surface area contributed by atoms with Gasteiger partial charge in [-0.3, -0.25) is 0 Å². The number of rotatable bonds is 3. The molecule has 0 saturated heterocycles. The van der Waals surface area contributed by atoms with Gasteiger partial charge in [0.1, 0.15) is 0 Å². The molecule has 0 saturated carbocycles. The van der Waals surface area contributed by atoms with E-state index in [9.17, 15) is 29.7 Å². The number of hydrogen-bond acceptors (Lipinski definition) is 6. The van der Waals surface area contributed by atoms with Crippen molar-refractivity contribution < 1.29 is 29.7 Å². The molecule has 0 spiro atoms. The van der Waals surface area contributed by atoms with Gasteiger partial charge >= 0.3 is 25.8 Å². The maximum Gasteiger partial charge on any atom is 3.00 e. The van der Waals surface area contributed by atoms with Crippen molar-refractivity contribution in [3.8, 4) is 0 Å². The van der Waals surface area contributed by atoms with Crippen molar-refractivity contribution in [1.29, 1.82) is 0 Å². The monoisotopic (exact) mass is 490 g/mol. The Morgan fingerprint density at radius 1 is 0.536 bits per heavy atom. The van der Waals surface area contributed by atoms with Gasteiger partial charge in [0, 0.05) is 0 Å². The summed E-state index contributed by atoms with van der Waals surface area (Å²) < 4.78 is 0. The fourth-order valence-electron chi connectivity index (χ4n) is 3.07. The first kappa shape index (κ1) is 26.5. The zero-order chi connectivity index (χ0) is 20.1. The maximum atomic E-state index is 10.2. The van der Waals surface area contributed by atoms with Crippen LogP contribution >= 0.6 is 0 Å². The molecule has 0 aromatic carbocycles. The van der Waals surface area contributed by atoms with Gasteiger partial charge in [0.25, 0.3) is 0 Å². The van der Waals surface area contributed by atoms with E-state index in [0.29, 0.717) is 36.0 Å². The van der Waals surface area contributed by atoms with Gasteiger partial charge in [-0.25, -0.2) is 0 Å². The van der Waals surface area contributed by atoms with Gasteiger partial charge in [0.2, 0.25) is 0 Å². The van der Waals surface area contributed by atoms with Crippen LogP contribution in [-0.2, 0) is 14.4 Å². The van der Waals surface area contributed by atoms with Gasteiger partial charge in [-0.15, -0.1) is 0 Å². The smallest absolute Gasteiger partial charge is 0.545 e. The van der Waals surface area contributed by atoms with Crippen LogP contribution in [-0.4, -0.2) is 43.8 Å². The molecule has 0 aliphatic heterocycles. The quantitative estimate of drug-likeness (QED) is 0.563. The average Bonchev–Trinajstić information content (AvgIpc) is 2.71. The van der Waals surface area contributed by atoms with Crippen molar-refractivity contribution in [3.63, 3.8) is 0 Å². The van der Waals surface area contributed by atoms with E-state index in [1.54, 1.807) is 18.2 Å². The van der Waals surface area contributed by atoms with Gasteiger partial charge in [0.15, 0.2) is 0 Å². The van der Waals surface area contributed by atoms with Crippen LogP contribution in [0.5, 0.6) is 0 Å². The van der Waals surface area contributed by atoms with E-state index in [4.69, 9.17) is 0 Å². The molecule has 6 nitrogen and oxygen atoms in total. The summed E-state index contributed by atoms with van der Waals surface area (Å²) in [6.45, 7) is 0. The van der Waals surface area contributed by atoms with E-state index in [2.05, 4.69) is 0 Å². The van der Waals surface area contributed by atoms with Gasteiger partial charge in [-0.2, -0.15) is 0 Å². The maximum absolute atomic E-state index is 10.2. The molecule has 0 fully saturated rings. The summed E-state index contributed by atoms with van der Waals surface area (Å²) >= 11 is 0. The molecule has 3 aliphatic carbocycles. The second-order valence-electron chi connectivity index (χ2n) is 6.79. The second kappa shape index (κ2) is 15.4. The Bertz CT molecular complexity index is 533. The molecule has 150 valence electrons. The number of aliphatic carboxylic acids is 3. The predicted molar refractivity (Wildman–Crippen MR) is 100 cm³/mol. The normalized spacial score (nSPS) is 18.2. The van der Waals surface area contributed by atoms with Crippen LogP contribution in [0.2, 0.25) is 0 Å². The molecule has 0 radical (unpaired) electrons. The molecule has 0 unspecified atom stereocenters. The third-order valence-corrected chi connectivity index (χ3v) is 4.66. The minimum absolute atomic E-state index is 0. The van der Waals surface area contributed by atoms with Crippen LogP contribution < -0.4 is 15.3 Å². The molecule has 0 heterocycles. The first-order valence-electron chi connectivity index (χ1n) is 9.63. The Morgan fingerprint density at radius 3 is 0.893 bits per heavy atom. The van der Waals surface area contributed by atoms with Crippen LogP contribution in [0.1, 0.15) is 77.0 Å². The zero-order valence-corrected chi connectivity index (χ0v) is 19.5. The Hall–Kier alpha value is -1.50. The Balaban J connectivity index is 0.000000384. The number of hydrogen-bond donors (Lipinski definition) is 0. The van der Waals surface area contributed by atoms with Crippen molar-refractivity contribution >= 4 is 43.8 Å². The molecule has 0 aromatic rings. The van der Waals surface area contributed by atoms with Crippen molar-refractivity contribution in [3.05, 3.63) is 34.9 Å². The van der Waals surface area contributed by atoms with Crippen LogP contribution in [0, 0.1) is 0 Å². The number of carbonyl (C=O) groups excluding carboxylic acids is 3. The molecule has 0 atom stereocenters. The SMILES string of the molecule is O=C([O-])C1=CCCCC1.O=C([O-])C1=CCCCC1.O=C([O-])C1=CCCCC1.[In+3]. The van der Waals surface area contributed by atoms with E-state index in [-0.39, 0.29) is 25.8 Å². The first-order valence-corrected chi connectivity index (χ1v) is 9.63. The van der Waals surface area contributed by atoms with Gasteiger partial charge in [-0.1, -0.05) is 18.2 Å². The fourth-order valence-corrected chi connectivity index (χ4v) is 3.07. The molecule has 3 aliphatic rings. The van der Waals surface area contributed by atoms with Crippen LogP contribution in [0.4, 0.5) is 0 Å². The third kappa shape index (κ3) is 11.4. The van der Waals surface area contributed by atoms with Crippen molar-refractivity contribution in [1.82, 2.24) is 0 Å².